The molecule has 0 radical (unpaired) electrons. The van der Waals surface area contributed by atoms with Crippen LogP contribution < -0.4 is 16.6 Å². The Bertz CT molecular complexity index is 1200. The maximum Gasteiger partial charge on any atom is 0.432 e. The number of nitrogens with zero attached hydrogens (tertiary/aromatic N) is 5. The van der Waals surface area contributed by atoms with E-state index in [4.69, 9.17) is 20.7 Å². The molecule has 0 saturated carbocycles. The van der Waals surface area contributed by atoms with Gasteiger partial charge < -0.3 is 31.2 Å². The predicted molar refractivity (Wildman–Crippen MR) is 113 cm³/mol. The lowest BCUT2D eigenvalue weighted by Gasteiger charge is -2.19. The van der Waals surface area contributed by atoms with E-state index < -0.39 is 44.7 Å². The van der Waals surface area contributed by atoms with Crippen LogP contribution in [0, 0.1) is 6.92 Å². The van der Waals surface area contributed by atoms with Crippen LogP contribution in [-0.4, -0.2) is 70.3 Å². The van der Waals surface area contributed by atoms with Crippen LogP contribution in [0.2, 0.25) is 0 Å². The summed E-state index contributed by atoms with van der Waals surface area (Å²) in [5.74, 6) is -0.675. The van der Waals surface area contributed by atoms with Gasteiger partial charge in [-0.1, -0.05) is 0 Å². The molecular formula is C17H24N9O6P. The molecule has 1 amide bonds. The molecule has 15 nitrogen and oxygen atoms in total. The van der Waals surface area contributed by atoms with Crippen LogP contribution in [0.3, 0.4) is 0 Å². The van der Waals surface area contributed by atoms with Gasteiger partial charge in [0, 0.05) is 18.5 Å². The number of aryl methyl sites for hydroxylation is 1. The zero-order valence-corrected chi connectivity index (χ0v) is 18.4. The molecule has 3 aromatic rings. The van der Waals surface area contributed by atoms with Gasteiger partial charge in [0.15, 0.2) is 11.5 Å². The highest BCUT2D eigenvalue weighted by Crippen LogP contribution is 2.39. The minimum atomic E-state index is -4.56. The van der Waals surface area contributed by atoms with Crippen LogP contribution in [0.1, 0.15) is 24.0 Å². The number of nitrogens with one attached hydrogen (secondary N) is 2. The Morgan fingerprint density at radius 1 is 1.45 bits per heavy atom. The molecule has 4 heterocycles. The molecule has 0 aliphatic carbocycles. The number of H-pyrrole nitrogens is 1. The van der Waals surface area contributed by atoms with Gasteiger partial charge in [-0.25, -0.2) is 24.5 Å². The van der Waals surface area contributed by atoms with E-state index in [0.717, 1.165) is 5.69 Å². The van der Waals surface area contributed by atoms with E-state index in [2.05, 4.69) is 24.9 Å². The number of aliphatic hydroxyl groups is 1. The standard InChI is InChI=1S/C17H24N9O6P/c1-8-10(21-5-20-8)2-9(18)17(28)25-33(29,30)31-4-12-11(27)3-13(32-12)26-7-24-14-15(19)22-6-23-16(14)26/h5-7,9,11-13,27H,2-4,18H2,1H3,(H,20,21)(H2,19,22,23)(H2,25,28,29,30)/t9-,11-,12+,13+/m0/s1. The Balaban J connectivity index is 1.33. The number of imidazole rings is 2. The Kier molecular flexibility index (Phi) is 6.43. The molecule has 0 aromatic carbocycles. The van der Waals surface area contributed by atoms with Gasteiger partial charge in [-0.05, 0) is 6.92 Å². The Hall–Kier alpha value is -2.94. The van der Waals surface area contributed by atoms with E-state index >= 15 is 0 Å². The number of fused-ring (bicyclic) bond motifs is 1. The molecule has 4 rings (SSSR count). The molecule has 0 spiro atoms. The summed E-state index contributed by atoms with van der Waals surface area (Å²) in [5.41, 5.74) is 13.7. The first-order valence-corrected chi connectivity index (χ1v) is 11.5. The second-order valence-electron chi connectivity index (χ2n) is 7.59. The van der Waals surface area contributed by atoms with E-state index in [1.807, 2.05) is 5.09 Å². The largest absolute Gasteiger partial charge is 0.432 e. The number of nitrogen functional groups attached to an aromatic ring is 1. The van der Waals surface area contributed by atoms with Crippen LogP contribution in [0.25, 0.3) is 11.2 Å². The van der Waals surface area contributed by atoms with Crippen molar-refractivity contribution >= 4 is 30.6 Å². The molecule has 5 atom stereocenters. The molecule has 1 aliphatic heterocycles. The summed E-state index contributed by atoms with van der Waals surface area (Å²) in [6, 6.07) is -1.11. The number of anilines is 1. The molecular weight excluding hydrogens is 457 g/mol. The summed E-state index contributed by atoms with van der Waals surface area (Å²) in [6.45, 7) is 1.31. The topological polar surface area (TPSA) is 229 Å². The summed E-state index contributed by atoms with van der Waals surface area (Å²) in [6.07, 6.45) is 1.81. The van der Waals surface area contributed by atoms with Crippen molar-refractivity contribution in [3.05, 3.63) is 30.4 Å². The van der Waals surface area contributed by atoms with E-state index in [-0.39, 0.29) is 18.7 Å². The number of hydrogen-bond donors (Lipinski definition) is 6. The number of amides is 1. The van der Waals surface area contributed by atoms with Crippen molar-refractivity contribution in [2.75, 3.05) is 12.3 Å². The normalized spacial score (nSPS) is 23.5. The lowest BCUT2D eigenvalue weighted by Crippen LogP contribution is -2.41. The Morgan fingerprint density at radius 2 is 2.24 bits per heavy atom. The van der Waals surface area contributed by atoms with Gasteiger partial charge >= 0.3 is 7.75 Å². The SMILES string of the molecule is Cc1[nH]cnc1C[C@H](N)C(=O)NP(=O)(O)OC[C@H]1O[C@@H](n2cnc3c(N)ncnc32)C[C@@H]1O. The molecule has 1 aliphatic rings. The quantitative estimate of drug-likeness (QED) is 0.210. The average Bonchev–Trinajstić information content (AvgIpc) is 3.45. The minimum Gasteiger partial charge on any atom is -0.390 e. The van der Waals surface area contributed by atoms with Gasteiger partial charge in [0.05, 0.1) is 37.1 Å². The average molecular weight is 481 g/mol. The number of carbonyl (C=O) groups is 1. The van der Waals surface area contributed by atoms with E-state index in [1.54, 1.807) is 11.5 Å². The highest BCUT2D eigenvalue weighted by atomic mass is 31.2. The molecule has 8 N–H and O–H groups in total. The number of rotatable bonds is 8. The maximum atomic E-state index is 12.3. The third kappa shape index (κ3) is 5.03. The number of nitrogens with two attached hydrogens (primary N) is 2. The van der Waals surface area contributed by atoms with Crippen LogP contribution >= 0.6 is 7.75 Å². The third-order valence-electron chi connectivity index (χ3n) is 5.25. The first kappa shape index (κ1) is 23.2. The van der Waals surface area contributed by atoms with Crippen molar-refractivity contribution in [2.24, 2.45) is 5.73 Å². The van der Waals surface area contributed by atoms with Crippen molar-refractivity contribution in [3.8, 4) is 0 Å². The fourth-order valence-corrected chi connectivity index (χ4v) is 4.30. The first-order chi connectivity index (χ1) is 15.6. The maximum absolute atomic E-state index is 12.3. The molecule has 1 saturated heterocycles. The van der Waals surface area contributed by atoms with Gasteiger partial charge in [0.25, 0.3) is 0 Å². The van der Waals surface area contributed by atoms with Crippen molar-refractivity contribution in [2.45, 2.75) is 44.2 Å². The van der Waals surface area contributed by atoms with Crippen LogP contribution in [0.15, 0.2) is 19.0 Å². The smallest absolute Gasteiger partial charge is 0.390 e. The molecule has 1 unspecified atom stereocenters. The zero-order valence-electron chi connectivity index (χ0n) is 17.5. The van der Waals surface area contributed by atoms with Gasteiger partial charge in [-0.2, -0.15) is 0 Å². The van der Waals surface area contributed by atoms with Crippen molar-refractivity contribution in [1.82, 2.24) is 34.6 Å². The van der Waals surface area contributed by atoms with E-state index in [0.29, 0.717) is 16.9 Å². The summed E-state index contributed by atoms with van der Waals surface area (Å²) in [5, 5.41) is 12.2. The van der Waals surface area contributed by atoms with Gasteiger partial charge in [-0.15, -0.1) is 0 Å². The molecule has 0 bridgehead atoms. The summed E-state index contributed by atoms with van der Waals surface area (Å²) in [4.78, 5) is 41.3. The fourth-order valence-electron chi connectivity index (χ4n) is 3.44. The molecule has 3 aromatic heterocycles. The van der Waals surface area contributed by atoms with Crippen molar-refractivity contribution in [1.29, 1.82) is 0 Å². The molecule has 33 heavy (non-hydrogen) atoms. The third-order valence-corrected chi connectivity index (χ3v) is 6.25. The van der Waals surface area contributed by atoms with Gasteiger partial charge in [0.1, 0.15) is 24.2 Å². The molecule has 178 valence electrons. The fraction of sp³-hybridized carbons (Fsp3) is 0.471. The zero-order chi connectivity index (χ0) is 23.8. The van der Waals surface area contributed by atoms with Crippen LogP contribution in [0.4, 0.5) is 5.82 Å². The number of aliphatic hydroxyl groups excluding tert-OH is 1. The van der Waals surface area contributed by atoms with E-state index in [1.165, 1.54) is 19.0 Å². The van der Waals surface area contributed by atoms with Crippen molar-refractivity contribution < 1.29 is 28.6 Å². The summed E-state index contributed by atoms with van der Waals surface area (Å²) < 4.78 is 24.6. The first-order valence-electron chi connectivity index (χ1n) is 9.95. The summed E-state index contributed by atoms with van der Waals surface area (Å²) in [7, 11) is -4.56. The number of carbonyl (C=O) groups excluding carboxylic acids is 1. The monoisotopic (exact) mass is 481 g/mol. The Labute approximate surface area is 187 Å². The Morgan fingerprint density at radius 3 is 2.97 bits per heavy atom. The molecule has 16 heteroatoms. The second-order valence-corrected chi connectivity index (χ2v) is 9.11. The number of ether oxygens (including phenoxy) is 1. The number of hydrogen-bond acceptors (Lipinski definition) is 11. The van der Waals surface area contributed by atoms with Crippen LogP contribution in [0.5, 0.6) is 0 Å². The highest BCUT2D eigenvalue weighted by molar-refractivity contribution is 7.51. The number of aromatic amines is 1. The highest BCUT2D eigenvalue weighted by Gasteiger charge is 2.38. The lowest BCUT2D eigenvalue weighted by atomic mass is 10.1. The summed E-state index contributed by atoms with van der Waals surface area (Å²) >= 11 is 0. The second kappa shape index (κ2) is 9.13. The minimum absolute atomic E-state index is 0.0697. The van der Waals surface area contributed by atoms with Crippen LogP contribution in [-0.2, 0) is 25.0 Å². The van der Waals surface area contributed by atoms with Gasteiger partial charge in [0.2, 0.25) is 5.91 Å². The lowest BCUT2D eigenvalue weighted by molar-refractivity contribution is -0.121. The number of aromatic nitrogens is 6. The van der Waals surface area contributed by atoms with E-state index in [9.17, 15) is 19.4 Å². The molecule has 1 fully saturated rings. The predicted octanol–water partition coefficient (Wildman–Crippen LogP) is -1.11. The van der Waals surface area contributed by atoms with Crippen molar-refractivity contribution in [3.63, 3.8) is 0 Å². The van der Waals surface area contributed by atoms with Gasteiger partial charge in [-0.3, -0.25) is 19.0 Å².